The number of halogens is 2. The van der Waals surface area contributed by atoms with Gasteiger partial charge in [-0.15, -0.1) is 46.2 Å². The minimum Gasteiger partial charge on any atom is -0.126 e. The number of fused-ring (bicyclic) bond motifs is 3. The maximum absolute atomic E-state index is 2.99. The smallest absolute Gasteiger partial charge is 0.0771 e. The predicted octanol–water partition coefficient (Wildman–Crippen LogP) is 1.83. The third kappa shape index (κ3) is 7.54. The Bertz CT molecular complexity index is 1250. The average molecular weight is 559 g/mol. The van der Waals surface area contributed by atoms with Crippen LogP contribution in [0.5, 0.6) is 0 Å². The fourth-order valence-electron chi connectivity index (χ4n) is 3.62. The molecular weight excluding hydrogens is 534 g/mol. The molecule has 0 radical (unpaired) electrons. The summed E-state index contributed by atoms with van der Waals surface area (Å²) in [6.45, 7) is 0. The monoisotopic (exact) mass is 556 g/mol. The number of hydrogen-bond donors (Lipinski definition) is 0. The molecule has 0 saturated carbocycles. The first-order chi connectivity index (χ1) is 15.8. The number of allylic oxidation sites excluding steroid dienone is 4. The molecule has 0 amide bonds. The summed E-state index contributed by atoms with van der Waals surface area (Å²) in [5, 5.41) is 5.39. The summed E-state index contributed by atoms with van der Waals surface area (Å²) in [7, 11) is 0. The molecular formula is C31H24Cl2Zr-2. The van der Waals surface area contributed by atoms with Crippen LogP contribution in [-0.4, -0.2) is 3.21 Å². The molecule has 0 spiro atoms. The zero-order valence-electron chi connectivity index (χ0n) is 18.7. The van der Waals surface area contributed by atoms with E-state index in [0.29, 0.717) is 0 Å². The van der Waals surface area contributed by atoms with Crippen molar-refractivity contribution in [1.82, 2.24) is 0 Å². The Morgan fingerprint density at radius 1 is 0.618 bits per heavy atom. The molecule has 0 N–H and O–H groups in total. The molecule has 168 valence electrons. The molecule has 0 aliphatic heterocycles. The van der Waals surface area contributed by atoms with E-state index in [1.807, 2.05) is 12.2 Å². The van der Waals surface area contributed by atoms with Gasteiger partial charge in [-0.05, 0) is 0 Å². The van der Waals surface area contributed by atoms with E-state index >= 15 is 0 Å². The second-order valence-corrected chi connectivity index (χ2v) is 8.66. The quantitative estimate of drug-likeness (QED) is 0.290. The first-order valence-electron chi connectivity index (χ1n) is 10.8. The van der Waals surface area contributed by atoms with Gasteiger partial charge in [-0.25, -0.2) is 12.2 Å². The Hall–Kier alpha value is -2.44. The Morgan fingerprint density at radius 2 is 1.06 bits per heavy atom. The minimum atomic E-state index is 0. The number of rotatable bonds is 2. The van der Waals surface area contributed by atoms with Crippen LogP contribution in [-0.2, 0) is 24.2 Å². The van der Waals surface area contributed by atoms with Crippen LogP contribution in [0.4, 0.5) is 0 Å². The van der Waals surface area contributed by atoms with Crippen LogP contribution in [0.15, 0.2) is 133 Å². The first-order valence-corrected chi connectivity index (χ1v) is 12.0. The fraction of sp³-hybridized carbons (Fsp3) is 0.0323. The van der Waals surface area contributed by atoms with Gasteiger partial charge in [0, 0.05) is 0 Å². The predicted molar refractivity (Wildman–Crippen MR) is 135 cm³/mol. The zero-order chi connectivity index (χ0) is 22.0. The van der Waals surface area contributed by atoms with Crippen molar-refractivity contribution in [2.24, 2.45) is 0 Å². The van der Waals surface area contributed by atoms with Gasteiger partial charge in [-0.2, -0.15) is 6.08 Å². The van der Waals surface area contributed by atoms with E-state index in [1.165, 1.54) is 60.1 Å². The van der Waals surface area contributed by atoms with Gasteiger partial charge in [-0.3, -0.25) is 6.08 Å². The van der Waals surface area contributed by atoms with Crippen LogP contribution < -0.4 is 24.8 Å². The summed E-state index contributed by atoms with van der Waals surface area (Å²) < 4.78 is 1.42. The van der Waals surface area contributed by atoms with Crippen molar-refractivity contribution < 1.29 is 49.0 Å². The standard InChI is InChI=1S/C13H9.C13H10.C5H5.2ClH.Zr/c1-3-7-12-10(5-1)9-11-6-2-4-8-13(11)12;1-3-7-12(8-4-1)11-13-9-5-2-6-10-13;1-2-4-5-3-1;;;/h1-9H;1-10H;1-3H,4H2;2*1H;/q-1;;-1;;;+2/p-2. The molecule has 1 aliphatic carbocycles. The second-order valence-electron chi connectivity index (χ2n) is 7.43. The van der Waals surface area contributed by atoms with Crippen molar-refractivity contribution in [3.63, 3.8) is 0 Å². The van der Waals surface area contributed by atoms with Gasteiger partial charge in [0.1, 0.15) is 0 Å². The Labute approximate surface area is 229 Å². The number of hydrogen-bond acceptors (Lipinski definition) is 0. The molecule has 0 nitrogen and oxygen atoms in total. The Kier molecular flexibility index (Phi) is 12.1. The topological polar surface area (TPSA) is 0 Å². The molecule has 0 aromatic heterocycles. The van der Waals surface area contributed by atoms with Gasteiger partial charge < -0.3 is 24.8 Å². The van der Waals surface area contributed by atoms with Crippen LogP contribution in [0, 0.1) is 6.08 Å². The van der Waals surface area contributed by atoms with Crippen LogP contribution >= 0.6 is 0 Å². The van der Waals surface area contributed by atoms with Gasteiger partial charge in [0.15, 0.2) is 0 Å². The summed E-state index contributed by atoms with van der Waals surface area (Å²) in [4.78, 5) is 0. The van der Waals surface area contributed by atoms with Gasteiger partial charge in [0.25, 0.3) is 0 Å². The Balaban J connectivity index is 0.000000191. The van der Waals surface area contributed by atoms with E-state index in [1.54, 1.807) is 0 Å². The molecule has 34 heavy (non-hydrogen) atoms. The van der Waals surface area contributed by atoms with E-state index in [0.717, 1.165) is 6.42 Å². The van der Waals surface area contributed by atoms with Crippen molar-refractivity contribution >= 4 is 24.8 Å². The maximum atomic E-state index is 2.99. The summed E-state index contributed by atoms with van der Waals surface area (Å²) in [6.07, 6.45) is 10.0. The molecule has 0 saturated heterocycles. The molecule has 5 aromatic rings. The third-order valence-electron chi connectivity index (χ3n) is 5.23. The molecule has 0 atom stereocenters. The van der Waals surface area contributed by atoms with Gasteiger partial charge in [0.05, 0.1) is 0 Å². The SMILES string of the molecule is [C-]1=CC=CC1.[Cl-].[Cl-].[Zr+2]=[C](c1ccccc1)c1ccccc1.c1ccc2c(c1)[cH-]c1ccccc12. The van der Waals surface area contributed by atoms with Gasteiger partial charge >= 0.3 is 99.2 Å². The normalized spacial score (nSPS) is 10.9. The van der Waals surface area contributed by atoms with Crippen molar-refractivity contribution in [2.45, 2.75) is 6.42 Å². The minimum absolute atomic E-state index is 0. The molecule has 0 bridgehead atoms. The van der Waals surface area contributed by atoms with Crippen molar-refractivity contribution in [3.8, 4) is 0 Å². The van der Waals surface area contributed by atoms with E-state index in [2.05, 4.69) is 127 Å². The average Bonchev–Trinajstić information content (AvgIpc) is 3.57. The summed E-state index contributed by atoms with van der Waals surface area (Å²) in [5.41, 5.74) is 2.66. The largest absolute Gasteiger partial charge is 0.126 e. The van der Waals surface area contributed by atoms with Crippen molar-refractivity contribution in [1.29, 1.82) is 0 Å². The van der Waals surface area contributed by atoms with E-state index < -0.39 is 0 Å². The van der Waals surface area contributed by atoms with Crippen LogP contribution in [0.1, 0.15) is 17.5 Å². The maximum Gasteiger partial charge on any atom is -0.0771 e. The third-order valence-corrected chi connectivity index (χ3v) is 6.65. The van der Waals surface area contributed by atoms with Crippen LogP contribution in [0.2, 0.25) is 0 Å². The molecule has 5 aromatic carbocycles. The molecule has 0 fully saturated rings. The molecule has 6 rings (SSSR count). The van der Waals surface area contributed by atoms with Crippen LogP contribution in [0.3, 0.4) is 0 Å². The van der Waals surface area contributed by atoms with Crippen molar-refractivity contribution in [3.05, 3.63) is 151 Å². The summed E-state index contributed by atoms with van der Waals surface area (Å²) >= 11 is 1.46. The Morgan fingerprint density at radius 3 is 1.44 bits per heavy atom. The van der Waals surface area contributed by atoms with Crippen LogP contribution in [0.25, 0.3) is 21.5 Å². The summed E-state index contributed by atoms with van der Waals surface area (Å²) in [5.74, 6) is 0. The van der Waals surface area contributed by atoms with E-state index in [4.69, 9.17) is 0 Å². The first kappa shape index (κ1) is 27.8. The van der Waals surface area contributed by atoms with Crippen molar-refractivity contribution in [2.75, 3.05) is 0 Å². The number of benzene rings is 4. The second kappa shape index (κ2) is 14.7. The fourth-order valence-corrected chi connectivity index (χ4v) is 4.44. The molecule has 3 heteroatoms. The van der Waals surface area contributed by atoms with Gasteiger partial charge in [-0.1, -0.05) is 36.4 Å². The van der Waals surface area contributed by atoms with Gasteiger partial charge in [0.2, 0.25) is 0 Å². The zero-order valence-corrected chi connectivity index (χ0v) is 22.6. The van der Waals surface area contributed by atoms with E-state index in [9.17, 15) is 0 Å². The summed E-state index contributed by atoms with van der Waals surface area (Å²) in [6, 6.07) is 40.4. The van der Waals surface area contributed by atoms with E-state index in [-0.39, 0.29) is 24.8 Å². The molecule has 1 aliphatic rings. The molecule has 0 heterocycles. The molecule has 0 unspecified atom stereocenters.